The molecule has 0 fully saturated rings. The fraction of sp³-hybridized carbons (Fsp3) is 0.0769. The quantitative estimate of drug-likeness (QED) is 0.806. The van der Waals surface area contributed by atoms with E-state index in [0.717, 1.165) is 0 Å². The predicted octanol–water partition coefficient (Wildman–Crippen LogP) is 3.49. The molecule has 0 bridgehead atoms. The fourth-order valence-electron chi connectivity index (χ4n) is 1.26. The molecule has 16 heavy (non-hydrogen) atoms. The van der Waals surface area contributed by atoms with Gasteiger partial charge in [0, 0.05) is 7.11 Å². The van der Waals surface area contributed by atoms with Crippen LogP contribution in [0.5, 0.6) is 0 Å². The second-order valence-corrected chi connectivity index (χ2v) is 3.62. The Bertz CT molecular complexity index is 336. The van der Waals surface area contributed by atoms with E-state index < -0.39 is 0 Å². The lowest BCUT2D eigenvalue weighted by atomic mass is 10.1. The molecule has 0 aromatic heterocycles. The van der Waals surface area contributed by atoms with Crippen LogP contribution in [0, 0.1) is 0 Å². The molecule has 2 aromatic rings. The van der Waals surface area contributed by atoms with E-state index in [-0.39, 0.29) is 9.03 Å². The maximum absolute atomic E-state index is 7.68. The summed E-state index contributed by atoms with van der Waals surface area (Å²) >= 11 is 0. The van der Waals surface area contributed by atoms with Crippen LogP contribution in [0.1, 0.15) is 0 Å². The molecule has 0 spiro atoms. The lowest BCUT2D eigenvalue weighted by Gasteiger charge is -1.98. The molecule has 2 rings (SSSR count). The van der Waals surface area contributed by atoms with Gasteiger partial charge in [0.15, 0.2) is 9.03 Å². The van der Waals surface area contributed by atoms with Crippen LogP contribution < -0.4 is 0 Å². The molecule has 0 radical (unpaired) electrons. The van der Waals surface area contributed by atoms with E-state index >= 15 is 0 Å². The molecule has 0 aliphatic heterocycles. The lowest BCUT2D eigenvalue weighted by Crippen LogP contribution is -1.73. The number of benzene rings is 2. The standard InChI is InChI=1S/C12H10.CH5O2P/c1-3-7-11(8-4-1)12-9-5-2-6-10-12;1-3-4-2/h1-10H;2,4H,1H3. The average molecular weight is 234 g/mol. The Morgan fingerprint density at radius 1 is 0.812 bits per heavy atom. The van der Waals surface area contributed by atoms with Crippen molar-refractivity contribution >= 4 is 9.03 Å². The van der Waals surface area contributed by atoms with Crippen LogP contribution in [0.2, 0.25) is 0 Å². The van der Waals surface area contributed by atoms with Crippen molar-refractivity contribution in [2.75, 3.05) is 7.11 Å². The van der Waals surface area contributed by atoms with Crippen LogP contribution in [0.3, 0.4) is 0 Å². The van der Waals surface area contributed by atoms with E-state index in [1.807, 2.05) is 12.1 Å². The minimum absolute atomic E-state index is 0.360. The van der Waals surface area contributed by atoms with Gasteiger partial charge in [0.25, 0.3) is 0 Å². The first-order valence-electron chi connectivity index (χ1n) is 4.91. The molecule has 0 aliphatic carbocycles. The van der Waals surface area contributed by atoms with Crippen molar-refractivity contribution in [2.45, 2.75) is 0 Å². The summed E-state index contributed by atoms with van der Waals surface area (Å²) in [6.45, 7) is 0. The third-order valence-electron chi connectivity index (χ3n) is 1.97. The van der Waals surface area contributed by atoms with Gasteiger partial charge >= 0.3 is 0 Å². The summed E-state index contributed by atoms with van der Waals surface area (Å²) in [5.41, 5.74) is 2.55. The first-order chi connectivity index (χ1) is 7.88. The zero-order chi connectivity index (χ0) is 11.6. The molecule has 0 aliphatic rings. The van der Waals surface area contributed by atoms with Gasteiger partial charge in [-0.3, -0.25) is 0 Å². The Kier molecular flexibility index (Phi) is 6.43. The second-order valence-electron chi connectivity index (χ2n) is 3.03. The highest BCUT2D eigenvalue weighted by molar-refractivity contribution is 7.24. The van der Waals surface area contributed by atoms with Crippen molar-refractivity contribution < 1.29 is 9.42 Å². The zero-order valence-corrected chi connectivity index (χ0v) is 10.1. The van der Waals surface area contributed by atoms with Gasteiger partial charge in [-0.2, -0.15) is 0 Å². The van der Waals surface area contributed by atoms with Crippen molar-refractivity contribution in [3.05, 3.63) is 60.7 Å². The minimum atomic E-state index is -0.360. The summed E-state index contributed by atoms with van der Waals surface area (Å²) < 4.78 is 4.12. The summed E-state index contributed by atoms with van der Waals surface area (Å²) in [5.74, 6) is 0. The van der Waals surface area contributed by atoms with Crippen molar-refractivity contribution in [1.29, 1.82) is 0 Å². The first kappa shape index (κ1) is 12.9. The fourth-order valence-corrected chi connectivity index (χ4v) is 1.26. The highest BCUT2D eigenvalue weighted by Crippen LogP contribution is 2.17. The van der Waals surface area contributed by atoms with Gasteiger partial charge in [0.1, 0.15) is 0 Å². The summed E-state index contributed by atoms with van der Waals surface area (Å²) in [6, 6.07) is 20.8. The number of rotatable bonds is 2. The van der Waals surface area contributed by atoms with Gasteiger partial charge in [-0.25, -0.2) is 0 Å². The van der Waals surface area contributed by atoms with Crippen LogP contribution in [0.25, 0.3) is 11.1 Å². The maximum atomic E-state index is 7.68. The van der Waals surface area contributed by atoms with Gasteiger partial charge in [-0.1, -0.05) is 60.7 Å². The Morgan fingerprint density at radius 2 is 1.12 bits per heavy atom. The van der Waals surface area contributed by atoms with Gasteiger partial charge < -0.3 is 9.42 Å². The molecule has 0 saturated carbocycles. The van der Waals surface area contributed by atoms with Gasteiger partial charge in [0.2, 0.25) is 0 Å². The van der Waals surface area contributed by atoms with E-state index in [2.05, 4.69) is 53.1 Å². The topological polar surface area (TPSA) is 29.5 Å². The largest absolute Gasteiger partial charge is 0.352 e. The molecular formula is C13H15O2P. The minimum Gasteiger partial charge on any atom is -0.352 e. The molecule has 2 aromatic carbocycles. The number of hydrogen-bond acceptors (Lipinski definition) is 2. The molecule has 1 N–H and O–H groups in total. The van der Waals surface area contributed by atoms with E-state index in [1.165, 1.54) is 18.2 Å². The van der Waals surface area contributed by atoms with Crippen LogP contribution in [-0.2, 0) is 4.52 Å². The van der Waals surface area contributed by atoms with Crippen molar-refractivity contribution in [3.63, 3.8) is 0 Å². The van der Waals surface area contributed by atoms with Crippen LogP contribution in [-0.4, -0.2) is 12.0 Å². The zero-order valence-electron chi connectivity index (χ0n) is 9.13. The third-order valence-corrected chi connectivity index (χ3v) is 2.15. The molecular weight excluding hydrogens is 219 g/mol. The monoisotopic (exact) mass is 234 g/mol. The van der Waals surface area contributed by atoms with Crippen LogP contribution in [0.15, 0.2) is 60.7 Å². The normalized spacial score (nSPS) is 9.88. The maximum Gasteiger partial charge on any atom is 0.151 e. The Morgan fingerprint density at radius 3 is 1.38 bits per heavy atom. The molecule has 1 unspecified atom stereocenters. The SMILES string of the molecule is COPO.c1ccc(-c2ccccc2)cc1. The van der Waals surface area contributed by atoms with Crippen LogP contribution >= 0.6 is 9.03 Å². The van der Waals surface area contributed by atoms with E-state index in [4.69, 9.17) is 4.89 Å². The van der Waals surface area contributed by atoms with E-state index in [9.17, 15) is 0 Å². The molecule has 1 atom stereocenters. The highest BCUT2D eigenvalue weighted by atomic mass is 31.1. The molecule has 3 heteroatoms. The van der Waals surface area contributed by atoms with E-state index in [0.29, 0.717) is 0 Å². The Hall–Kier alpha value is -1.21. The summed E-state index contributed by atoms with van der Waals surface area (Å²) in [6.07, 6.45) is 0. The summed E-state index contributed by atoms with van der Waals surface area (Å²) in [5, 5.41) is 0. The van der Waals surface area contributed by atoms with E-state index in [1.54, 1.807) is 0 Å². The second kappa shape index (κ2) is 8.00. The average Bonchev–Trinajstić information content (AvgIpc) is 2.41. The predicted molar refractivity (Wildman–Crippen MR) is 69.4 cm³/mol. The highest BCUT2D eigenvalue weighted by Gasteiger charge is 1.91. The van der Waals surface area contributed by atoms with Crippen LogP contribution in [0.4, 0.5) is 0 Å². The lowest BCUT2D eigenvalue weighted by molar-refractivity contribution is 0.413. The molecule has 0 heterocycles. The van der Waals surface area contributed by atoms with Gasteiger partial charge in [-0.15, -0.1) is 0 Å². The molecule has 0 amide bonds. The van der Waals surface area contributed by atoms with Gasteiger partial charge in [0.05, 0.1) is 0 Å². The van der Waals surface area contributed by atoms with Crippen molar-refractivity contribution in [2.24, 2.45) is 0 Å². The first-order valence-corrected chi connectivity index (χ1v) is 5.76. The van der Waals surface area contributed by atoms with Crippen molar-refractivity contribution in [1.82, 2.24) is 0 Å². The van der Waals surface area contributed by atoms with Crippen molar-refractivity contribution in [3.8, 4) is 11.1 Å². The molecule has 84 valence electrons. The molecule has 0 saturated heterocycles. The van der Waals surface area contributed by atoms with Gasteiger partial charge in [-0.05, 0) is 11.1 Å². The summed E-state index contributed by atoms with van der Waals surface area (Å²) in [7, 11) is 1.08. The Balaban J connectivity index is 0.000000280. The Labute approximate surface area is 97.9 Å². The smallest absolute Gasteiger partial charge is 0.151 e. The molecule has 2 nitrogen and oxygen atoms in total. The summed E-state index contributed by atoms with van der Waals surface area (Å²) in [4.78, 5) is 7.68. The third kappa shape index (κ3) is 4.54. The number of hydrogen-bond donors (Lipinski definition) is 1.